The van der Waals surface area contributed by atoms with Crippen LogP contribution in [0.25, 0.3) is 0 Å². The standard InChI is InChI=1S/C25H36I/c1-3-4-5-6-7-8-9-10-11-12-15-23-16-13-14-17-25(23)26-24-20-18-22(2)19-21-24/h13-14,16-21H,3-12,15H2,1-2H3/q+1. The van der Waals surface area contributed by atoms with Crippen molar-refractivity contribution in [2.24, 2.45) is 0 Å². The lowest BCUT2D eigenvalue weighted by molar-refractivity contribution is -0.598. The van der Waals surface area contributed by atoms with Gasteiger partial charge in [-0.15, -0.1) is 0 Å². The maximum Gasteiger partial charge on any atom is 0.358 e. The predicted octanol–water partition coefficient (Wildman–Crippen LogP) is 4.59. The van der Waals surface area contributed by atoms with Crippen molar-refractivity contribution in [2.75, 3.05) is 0 Å². The third-order valence-electron chi connectivity index (χ3n) is 4.98. The normalized spacial score (nSPS) is 11.0. The highest BCUT2D eigenvalue weighted by atomic mass is 127. The molecule has 0 heterocycles. The van der Waals surface area contributed by atoms with Crippen molar-refractivity contribution >= 4 is 0 Å². The van der Waals surface area contributed by atoms with Gasteiger partial charge in [-0.2, -0.15) is 0 Å². The molecular weight excluding hydrogens is 427 g/mol. The van der Waals surface area contributed by atoms with E-state index in [2.05, 4.69) is 62.4 Å². The van der Waals surface area contributed by atoms with Crippen LogP contribution in [0.3, 0.4) is 0 Å². The van der Waals surface area contributed by atoms with Gasteiger partial charge < -0.3 is 0 Å². The van der Waals surface area contributed by atoms with Crippen molar-refractivity contribution in [3.8, 4) is 0 Å². The first-order valence-corrected chi connectivity index (χ1v) is 12.7. The van der Waals surface area contributed by atoms with Crippen LogP contribution in [0.4, 0.5) is 0 Å². The Balaban J connectivity index is 1.66. The molecule has 0 aliphatic carbocycles. The van der Waals surface area contributed by atoms with Crippen molar-refractivity contribution in [1.82, 2.24) is 0 Å². The molecule has 0 saturated heterocycles. The Hall–Kier alpha value is -0.830. The van der Waals surface area contributed by atoms with Crippen molar-refractivity contribution in [2.45, 2.75) is 84.5 Å². The molecule has 2 aromatic carbocycles. The minimum Gasteiger partial charge on any atom is -0.0654 e. The Morgan fingerprint density at radius 3 is 1.88 bits per heavy atom. The monoisotopic (exact) mass is 463 g/mol. The quantitative estimate of drug-likeness (QED) is 0.301. The van der Waals surface area contributed by atoms with Gasteiger partial charge in [-0.3, -0.25) is 0 Å². The van der Waals surface area contributed by atoms with Crippen LogP contribution >= 0.6 is 0 Å². The molecule has 0 aromatic heterocycles. The molecule has 0 fully saturated rings. The first-order valence-electron chi connectivity index (χ1n) is 10.6. The number of hydrogen-bond donors (Lipinski definition) is 0. The second-order valence-corrected chi connectivity index (χ2v) is 10.4. The van der Waals surface area contributed by atoms with E-state index in [1.165, 1.54) is 79.8 Å². The van der Waals surface area contributed by atoms with E-state index in [4.69, 9.17) is 0 Å². The molecule has 1 heteroatoms. The molecule has 0 atom stereocenters. The Bertz CT molecular complexity index is 600. The van der Waals surface area contributed by atoms with Crippen LogP contribution in [-0.4, -0.2) is 0 Å². The van der Waals surface area contributed by atoms with Gasteiger partial charge in [0.2, 0.25) is 0 Å². The zero-order valence-corrected chi connectivity index (χ0v) is 18.9. The Morgan fingerprint density at radius 2 is 1.23 bits per heavy atom. The number of aryl methyl sites for hydroxylation is 2. The lowest BCUT2D eigenvalue weighted by Crippen LogP contribution is -3.61. The molecular formula is C25H36I+. The Kier molecular flexibility index (Phi) is 11.0. The zero-order valence-electron chi connectivity index (χ0n) is 16.8. The fourth-order valence-corrected chi connectivity index (χ4v) is 5.88. The van der Waals surface area contributed by atoms with Crippen LogP contribution in [0.1, 0.15) is 82.3 Å². The van der Waals surface area contributed by atoms with Crippen LogP contribution in [0, 0.1) is 14.1 Å². The van der Waals surface area contributed by atoms with E-state index in [0.717, 1.165) is 0 Å². The molecule has 26 heavy (non-hydrogen) atoms. The summed E-state index contributed by atoms with van der Waals surface area (Å²) in [7, 11) is 0. The van der Waals surface area contributed by atoms with E-state index < -0.39 is 0 Å². The zero-order chi connectivity index (χ0) is 18.5. The molecule has 0 radical (unpaired) electrons. The van der Waals surface area contributed by atoms with Crippen LogP contribution in [0.2, 0.25) is 0 Å². The highest BCUT2D eigenvalue weighted by Crippen LogP contribution is 2.12. The van der Waals surface area contributed by atoms with Gasteiger partial charge in [-0.05, 0) is 38.0 Å². The molecule has 0 spiro atoms. The van der Waals surface area contributed by atoms with Crippen molar-refractivity contribution in [3.63, 3.8) is 0 Å². The molecule has 0 bridgehead atoms. The molecule has 0 aliphatic rings. The van der Waals surface area contributed by atoms with E-state index in [1.54, 1.807) is 9.13 Å². The van der Waals surface area contributed by atoms with Crippen molar-refractivity contribution in [1.29, 1.82) is 0 Å². The van der Waals surface area contributed by atoms with E-state index in [0.29, 0.717) is 0 Å². The summed E-state index contributed by atoms with van der Waals surface area (Å²) in [4.78, 5) is 0. The largest absolute Gasteiger partial charge is 0.358 e. The highest BCUT2D eigenvalue weighted by molar-refractivity contribution is 5.16. The Labute approximate surface area is 172 Å². The maximum atomic E-state index is 2.36. The summed E-state index contributed by atoms with van der Waals surface area (Å²) in [6.45, 7) is 4.46. The summed E-state index contributed by atoms with van der Waals surface area (Å²) in [5.74, 6) is 0. The first kappa shape index (κ1) is 21.5. The summed E-state index contributed by atoms with van der Waals surface area (Å²) in [6.07, 6.45) is 15.4. The SMILES string of the molecule is CCCCCCCCCCCCc1ccccc1[I+]c1ccc(C)cc1. The van der Waals surface area contributed by atoms with Crippen LogP contribution in [0.15, 0.2) is 48.5 Å². The van der Waals surface area contributed by atoms with Crippen LogP contribution < -0.4 is 21.2 Å². The van der Waals surface area contributed by atoms with Crippen LogP contribution in [0.5, 0.6) is 0 Å². The average molecular weight is 463 g/mol. The molecule has 0 aliphatic heterocycles. The summed E-state index contributed by atoms with van der Waals surface area (Å²) in [5, 5.41) is 0. The van der Waals surface area contributed by atoms with E-state index in [9.17, 15) is 0 Å². The summed E-state index contributed by atoms with van der Waals surface area (Å²) >= 11 is -0.0458. The van der Waals surface area contributed by atoms with Crippen LogP contribution in [-0.2, 0) is 6.42 Å². The average Bonchev–Trinajstić information content (AvgIpc) is 2.66. The third kappa shape index (κ3) is 8.70. The highest BCUT2D eigenvalue weighted by Gasteiger charge is 2.18. The summed E-state index contributed by atoms with van der Waals surface area (Å²) in [6, 6.07) is 18.3. The lowest BCUT2D eigenvalue weighted by atomic mass is 10.0. The molecule has 2 rings (SSSR count). The minimum atomic E-state index is -0.0458. The third-order valence-corrected chi connectivity index (χ3v) is 7.95. The molecule has 0 saturated carbocycles. The molecule has 2 aromatic rings. The number of unbranched alkanes of at least 4 members (excludes halogenated alkanes) is 9. The topological polar surface area (TPSA) is 0 Å². The predicted molar refractivity (Wildman–Crippen MR) is 111 cm³/mol. The smallest absolute Gasteiger partial charge is 0.0654 e. The Morgan fingerprint density at radius 1 is 0.654 bits per heavy atom. The molecule has 0 amide bonds. The first-order chi connectivity index (χ1) is 12.8. The maximum absolute atomic E-state index is 2.36. The van der Waals surface area contributed by atoms with E-state index >= 15 is 0 Å². The molecule has 0 N–H and O–H groups in total. The number of halogens is 1. The van der Waals surface area contributed by atoms with Gasteiger partial charge in [0.05, 0.1) is 0 Å². The van der Waals surface area contributed by atoms with E-state index in [1.807, 2.05) is 0 Å². The molecule has 142 valence electrons. The minimum absolute atomic E-state index is 0.0458. The number of hydrogen-bond acceptors (Lipinski definition) is 0. The summed E-state index contributed by atoms with van der Waals surface area (Å²) < 4.78 is 3.15. The van der Waals surface area contributed by atoms with Gasteiger partial charge in [0.25, 0.3) is 0 Å². The molecule has 0 nitrogen and oxygen atoms in total. The fraction of sp³-hybridized carbons (Fsp3) is 0.520. The second kappa shape index (κ2) is 13.4. The van der Waals surface area contributed by atoms with Gasteiger partial charge in [0.15, 0.2) is 7.14 Å². The lowest BCUT2D eigenvalue weighted by Gasteiger charge is -2.03. The molecule has 0 unspecified atom stereocenters. The second-order valence-electron chi connectivity index (χ2n) is 7.41. The van der Waals surface area contributed by atoms with Gasteiger partial charge in [-0.25, -0.2) is 0 Å². The van der Waals surface area contributed by atoms with Gasteiger partial charge >= 0.3 is 21.2 Å². The fourth-order valence-electron chi connectivity index (χ4n) is 3.31. The van der Waals surface area contributed by atoms with Gasteiger partial charge in [-0.1, -0.05) is 101 Å². The number of benzene rings is 2. The number of rotatable bonds is 13. The van der Waals surface area contributed by atoms with Gasteiger partial charge in [0, 0.05) is 5.56 Å². The van der Waals surface area contributed by atoms with Gasteiger partial charge in [0.1, 0.15) is 0 Å². The van der Waals surface area contributed by atoms with E-state index in [-0.39, 0.29) is 21.2 Å². The van der Waals surface area contributed by atoms with Crippen molar-refractivity contribution in [3.05, 3.63) is 66.8 Å². The van der Waals surface area contributed by atoms with Crippen molar-refractivity contribution < 1.29 is 21.2 Å². The summed E-state index contributed by atoms with van der Waals surface area (Å²) in [5.41, 5.74) is 2.96.